The van der Waals surface area contributed by atoms with Crippen molar-refractivity contribution in [3.05, 3.63) is 35.4 Å². The van der Waals surface area contributed by atoms with Gasteiger partial charge in [0.2, 0.25) is 0 Å². The first-order valence-corrected chi connectivity index (χ1v) is 6.94. The van der Waals surface area contributed by atoms with Gasteiger partial charge in [-0.25, -0.2) is 8.78 Å². The van der Waals surface area contributed by atoms with Gasteiger partial charge in [-0.2, -0.15) is 11.8 Å². The summed E-state index contributed by atoms with van der Waals surface area (Å²) in [6.45, 7) is 4.00. The molecular formula is C13H17F2NS. The van der Waals surface area contributed by atoms with Gasteiger partial charge in [0, 0.05) is 28.6 Å². The van der Waals surface area contributed by atoms with Crippen molar-refractivity contribution in [3.8, 4) is 0 Å². The summed E-state index contributed by atoms with van der Waals surface area (Å²) in [6.07, 6.45) is 1.06. The second-order valence-electron chi connectivity index (χ2n) is 4.60. The van der Waals surface area contributed by atoms with Gasteiger partial charge < -0.3 is 5.32 Å². The summed E-state index contributed by atoms with van der Waals surface area (Å²) < 4.78 is 27.1. The fraction of sp³-hybridized carbons (Fsp3) is 0.538. The van der Waals surface area contributed by atoms with E-state index >= 15 is 0 Å². The van der Waals surface area contributed by atoms with E-state index < -0.39 is 11.6 Å². The van der Waals surface area contributed by atoms with E-state index in [9.17, 15) is 8.78 Å². The van der Waals surface area contributed by atoms with Gasteiger partial charge in [-0.15, -0.1) is 0 Å². The molecule has 2 rings (SSSR count). The molecule has 1 saturated heterocycles. The minimum Gasteiger partial charge on any atom is -0.306 e. The van der Waals surface area contributed by atoms with Crippen LogP contribution >= 0.6 is 11.8 Å². The predicted molar refractivity (Wildman–Crippen MR) is 68.2 cm³/mol. The number of halogens is 2. The Balaban J connectivity index is 2.07. The third-order valence-electron chi connectivity index (χ3n) is 3.12. The quantitative estimate of drug-likeness (QED) is 0.889. The lowest BCUT2D eigenvalue weighted by molar-refractivity contribution is 0.439. The van der Waals surface area contributed by atoms with Gasteiger partial charge in [0.15, 0.2) is 0 Å². The zero-order chi connectivity index (χ0) is 12.4. The smallest absolute Gasteiger partial charge is 0.130 e. The van der Waals surface area contributed by atoms with Crippen molar-refractivity contribution in [1.29, 1.82) is 0 Å². The third-order valence-corrected chi connectivity index (χ3v) is 4.47. The second kappa shape index (κ2) is 5.36. The number of hydrogen-bond donors (Lipinski definition) is 1. The summed E-state index contributed by atoms with van der Waals surface area (Å²) in [6, 6.07) is 4.08. The number of rotatable bonds is 3. The molecule has 4 heteroatoms. The van der Waals surface area contributed by atoms with Crippen LogP contribution in [0.4, 0.5) is 8.78 Å². The van der Waals surface area contributed by atoms with Crippen molar-refractivity contribution in [2.24, 2.45) is 0 Å². The Morgan fingerprint density at radius 3 is 2.53 bits per heavy atom. The van der Waals surface area contributed by atoms with Crippen LogP contribution in [0.25, 0.3) is 0 Å². The number of hydrogen-bond acceptors (Lipinski definition) is 2. The monoisotopic (exact) mass is 257 g/mol. The van der Waals surface area contributed by atoms with Crippen LogP contribution < -0.4 is 5.32 Å². The summed E-state index contributed by atoms with van der Waals surface area (Å²) in [5.74, 6) is 0.0779. The molecule has 0 spiro atoms. The van der Waals surface area contributed by atoms with Crippen molar-refractivity contribution >= 4 is 11.8 Å². The zero-order valence-electron chi connectivity index (χ0n) is 10.0. The molecule has 1 nitrogen and oxygen atoms in total. The molecule has 0 aromatic heterocycles. The van der Waals surface area contributed by atoms with Crippen LogP contribution in [-0.4, -0.2) is 17.0 Å². The normalized spacial score (nSPS) is 26.1. The first kappa shape index (κ1) is 12.8. The number of benzene rings is 1. The van der Waals surface area contributed by atoms with Gasteiger partial charge >= 0.3 is 0 Å². The number of nitrogens with one attached hydrogen (secondary N) is 1. The molecule has 1 aliphatic heterocycles. The Morgan fingerprint density at radius 1 is 1.35 bits per heavy atom. The van der Waals surface area contributed by atoms with Crippen molar-refractivity contribution in [2.45, 2.75) is 37.6 Å². The van der Waals surface area contributed by atoms with E-state index in [1.54, 1.807) is 0 Å². The molecule has 3 unspecified atom stereocenters. The van der Waals surface area contributed by atoms with Crippen LogP contribution in [0.1, 0.15) is 31.9 Å². The van der Waals surface area contributed by atoms with Gasteiger partial charge in [-0.3, -0.25) is 0 Å². The van der Waals surface area contributed by atoms with E-state index in [0.717, 1.165) is 12.2 Å². The molecule has 1 aromatic rings. The highest BCUT2D eigenvalue weighted by Crippen LogP contribution is 2.28. The fourth-order valence-electron chi connectivity index (χ4n) is 2.29. The predicted octanol–water partition coefficient (Wildman–Crippen LogP) is 3.51. The van der Waals surface area contributed by atoms with Gasteiger partial charge in [0.25, 0.3) is 0 Å². The van der Waals surface area contributed by atoms with E-state index in [2.05, 4.69) is 12.2 Å². The summed E-state index contributed by atoms with van der Waals surface area (Å²) in [7, 11) is 0. The van der Waals surface area contributed by atoms with Gasteiger partial charge in [0.05, 0.1) is 0 Å². The molecular weight excluding hydrogens is 240 g/mol. The Hall–Kier alpha value is -0.610. The summed E-state index contributed by atoms with van der Waals surface area (Å²) >= 11 is 1.90. The van der Waals surface area contributed by atoms with E-state index in [1.807, 2.05) is 18.7 Å². The second-order valence-corrected chi connectivity index (χ2v) is 6.07. The standard InChI is InChI=1S/C13H17F2NS/c1-8-6-10(7-17-8)16-9(2)13-11(14)4-3-5-12(13)15/h3-5,8-10,16H,6-7H2,1-2H3. The molecule has 17 heavy (non-hydrogen) atoms. The highest BCUT2D eigenvalue weighted by Gasteiger charge is 2.25. The maximum atomic E-state index is 13.6. The van der Waals surface area contributed by atoms with Crippen LogP contribution in [0.2, 0.25) is 0 Å². The molecule has 0 bridgehead atoms. The van der Waals surface area contributed by atoms with E-state index in [1.165, 1.54) is 18.2 Å². The van der Waals surface area contributed by atoms with Crippen LogP contribution in [0, 0.1) is 11.6 Å². The highest BCUT2D eigenvalue weighted by molar-refractivity contribution is 8.00. The van der Waals surface area contributed by atoms with Crippen LogP contribution in [0.3, 0.4) is 0 Å². The van der Waals surface area contributed by atoms with Gasteiger partial charge in [-0.05, 0) is 25.5 Å². The Labute approximate surface area is 105 Å². The van der Waals surface area contributed by atoms with Crippen molar-refractivity contribution in [2.75, 3.05) is 5.75 Å². The third kappa shape index (κ3) is 2.99. The minimum absolute atomic E-state index is 0.150. The lowest BCUT2D eigenvalue weighted by Crippen LogP contribution is -2.32. The lowest BCUT2D eigenvalue weighted by atomic mass is 10.1. The molecule has 1 N–H and O–H groups in total. The number of thioether (sulfide) groups is 1. The molecule has 0 saturated carbocycles. The van der Waals surface area contributed by atoms with E-state index in [0.29, 0.717) is 11.3 Å². The molecule has 0 radical (unpaired) electrons. The van der Waals surface area contributed by atoms with Crippen LogP contribution in [0.15, 0.2) is 18.2 Å². The molecule has 0 aliphatic carbocycles. The Kier molecular flexibility index (Phi) is 4.05. The lowest BCUT2D eigenvalue weighted by Gasteiger charge is -2.20. The Morgan fingerprint density at radius 2 is 2.00 bits per heavy atom. The molecule has 1 fully saturated rings. The first-order valence-electron chi connectivity index (χ1n) is 5.89. The highest BCUT2D eigenvalue weighted by atomic mass is 32.2. The van der Waals surface area contributed by atoms with Crippen LogP contribution in [0.5, 0.6) is 0 Å². The average molecular weight is 257 g/mol. The maximum absolute atomic E-state index is 13.6. The maximum Gasteiger partial charge on any atom is 0.130 e. The van der Waals surface area contributed by atoms with Crippen molar-refractivity contribution in [3.63, 3.8) is 0 Å². The van der Waals surface area contributed by atoms with E-state index in [-0.39, 0.29) is 11.6 Å². The summed E-state index contributed by atoms with van der Waals surface area (Å²) in [4.78, 5) is 0. The van der Waals surface area contributed by atoms with Gasteiger partial charge in [-0.1, -0.05) is 13.0 Å². The molecule has 1 aromatic carbocycles. The van der Waals surface area contributed by atoms with E-state index in [4.69, 9.17) is 0 Å². The molecule has 94 valence electrons. The van der Waals surface area contributed by atoms with Crippen molar-refractivity contribution < 1.29 is 8.78 Å². The van der Waals surface area contributed by atoms with Gasteiger partial charge in [0.1, 0.15) is 11.6 Å². The van der Waals surface area contributed by atoms with Crippen molar-refractivity contribution in [1.82, 2.24) is 5.32 Å². The topological polar surface area (TPSA) is 12.0 Å². The molecule has 1 heterocycles. The first-order chi connectivity index (χ1) is 8.08. The fourth-order valence-corrected chi connectivity index (χ4v) is 3.46. The zero-order valence-corrected chi connectivity index (χ0v) is 10.9. The SMILES string of the molecule is CC1CC(NC(C)c2c(F)cccc2F)CS1. The van der Waals surface area contributed by atoms with Crippen LogP contribution in [-0.2, 0) is 0 Å². The molecule has 3 atom stereocenters. The Bertz CT molecular complexity index is 377. The molecule has 1 aliphatic rings. The minimum atomic E-state index is -0.469. The average Bonchev–Trinajstić information content (AvgIpc) is 2.63. The largest absolute Gasteiger partial charge is 0.306 e. The molecule has 0 amide bonds. The summed E-state index contributed by atoms with van der Waals surface area (Å²) in [5.41, 5.74) is 0.150. The summed E-state index contributed by atoms with van der Waals surface area (Å²) in [5, 5.41) is 3.94.